The first kappa shape index (κ1) is 13.0. The number of hydrogen-bond acceptors (Lipinski definition) is 3. The molecule has 1 aliphatic heterocycles. The fourth-order valence-corrected chi connectivity index (χ4v) is 2.33. The highest BCUT2D eigenvalue weighted by molar-refractivity contribution is 5.60. The Bertz CT molecular complexity index is 434. The van der Waals surface area contributed by atoms with Gasteiger partial charge in [0, 0.05) is 17.9 Å². The lowest BCUT2D eigenvalue weighted by atomic mass is 10.1. The van der Waals surface area contributed by atoms with E-state index in [0.717, 1.165) is 18.9 Å². The van der Waals surface area contributed by atoms with E-state index in [1.165, 1.54) is 6.07 Å². The summed E-state index contributed by atoms with van der Waals surface area (Å²) in [7, 11) is 0. The van der Waals surface area contributed by atoms with E-state index in [2.05, 4.69) is 0 Å². The molecule has 0 saturated carbocycles. The molecule has 1 heterocycles. The molecule has 0 aliphatic carbocycles. The third-order valence-corrected chi connectivity index (χ3v) is 3.26. The van der Waals surface area contributed by atoms with Crippen LogP contribution in [0.4, 0.5) is 24.5 Å². The first-order valence-electron chi connectivity index (χ1n) is 5.77. The zero-order valence-corrected chi connectivity index (χ0v) is 9.74. The standard InChI is InChI=1S/C12H15F3N2O/c13-12(14,15)10-6-8(3-4-11(10)16)17-5-1-2-9(17)7-18/h3-4,6,9,18H,1-2,5,7,16H2/t9-/m0/s1. The molecule has 3 nitrogen and oxygen atoms in total. The zero-order chi connectivity index (χ0) is 13.3. The number of nitrogens with zero attached hydrogens (tertiary/aromatic N) is 1. The molecule has 0 unspecified atom stereocenters. The van der Waals surface area contributed by atoms with Crippen molar-refractivity contribution in [3.63, 3.8) is 0 Å². The lowest BCUT2D eigenvalue weighted by Gasteiger charge is -2.26. The van der Waals surface area contributed by atoms with Gasteiger partial charge in [0.25, 0.3) is 0 Å². The van der Waals surface area contributed by atoms with Gasteiger partial charge in [-0.15, -0.1) is 0 Å². The molecule has 100 valence electrons. The van der Waals surface area contributed by atoms with Crippen molar-refractivity contribution in [2.24, 2.45) is 0 Å². The number of hydrogen-bond donors (Lipinski definition) is 2. The second-order valence-corrected chi connectivity index (χ2v) is 4.44. The molecule has 0 radical (unpaired) electrons. The van der Waals surface area contributed by atoms with Crippen LogP contribution in [-0.2, 0) is 6.18 Å². The summed E-state index contributed by atoms with van der Waals surface area (Å²) in [5, 5.41) is 9.19. The van der Waals surface area contributed by atoms with Crippen LogP contribution in [0.3, 0.4) is 0 Å². The van der Waals surface area contributed by atoms with Crippen LogP contribution >= 0.6 is 0 Å². The molecule has 2 rings (SSSR count). The van der Waals surface area contributed by atoms with E-state index < -0.39 is 11.7 Å². The molecule has 0 bridgehead atoms. The number of anilines is 2. The van der Waals surface area contributed by atoms with Crippen LogP contribution < -0.4 is 10.6 Å². The number of nitrogen functional groups attached to an aromatic ring is 1. The maximum absolute atomic E-state index is 12.7. The van der Waals surface area contributed by atoms with Crippen LogP contribution in [0.25, 0.3) is 0 Å². The minimum Gasteiger partial charge on any atom is -0.398 e. The average molecular weight is 260 g/mol. The summed E-state index contributed by atoms with van der Waals surface area (Å²) < 4.78 is 38.2. The summed E-state index contributed by atoms with van der Waals surface area (Å²) >= 11 is 0. The monoisotopic (exact) mass is 260 g/mol. The van der Waals surface area contributed by atoms with E-state index in [4.69, 9.17) is 5.73 Å². The van der Waals surface area contributed by atoms with Gasteiger partial charge in [-0.3, -0.25) is 0 Å². The quantitative estimate of drug-likeness (QED) is 0.802. The number of halogens is 3. The van der Waals surface area contributed by atoms with E-state index in [-0.39, 0.29) is 18.3 Å². The summed E-state index contributed by atoms with van der Waals surface area (Å²) in [4.78, 5) is 1.80. The van der Waals surface area contributed by atoms with Gasteiger partial charge >= 0.3 is 6.18 Å². The second kappa shape index (κ2) is 4.68. The second-order valence-electron chi connectivity index (χ2n) is 4.44. The SMILES string of the molecule is Nc1ccc(N2CCC[C@H]2CO)cc1C(F)(F)F. The van der Waals surface area contributed by atoms with Crippen molar-refractivity contribution < 1.29 is 18.3 Å². The van der Waals surface area contributed by atoms with Crippen LogP contribution in [0.15, 0.2) is 18.2 Å². The van der Waals surface area contributed by atoms with E-state index in [9.17, 15) is 18.3 Å². The van der Waals surface area contributed by atoms with Gasteiger partial charge in [-0.2, -0.15) is 13.2 Å². The van der Waals surface area contributed by atoms with Crippen molar-refractivity contribution in [2.45, 2.75) is 25.1 Å². The number of rotatable bonds is 2. The van der Waals surface area contributed by atoms with Gasteiger partial charge in [-0.25, -0.2) is 0 Å². The molecule has 6 heteroatoms. The fourth-order valence-electron chi connectivity index (χ4n) is 2.33. The topological polar surface area (TPSA) is 49.5 Å². The molecular formula is C12H15F3N2O. The molecule has 3 N–H and O–H groups in total. The Kier molecular flexibility index (Phi) is 3.38. The Labute approximate surface area is 103 Å². The number of aliphatic hydroxyl groups excluding tert-OH is 1. The van der Waals surface area contributed by atoms with Gasteiger partial charge in [-0.05, 0) is 31.0 Å². The van der Waals surface area contributed by atoms with E-state index in [1.54, 1.807) is 11.0 Å². The minimum absolute atomic E-state index is 0.0499. The molecule has 18 heavy (non-hydrogen) atoms. The molecule has 1 aliphatic rings. The minimum atomic E-state index is -4.45. The van der Waals surface area contributed by atoms with Crippen LogP contribution in [0.2, 0.25) is 0 Å². The Morgan fingerprint density at radius 2 is 2.11 bits per heavy atom. The lowest BCUT2D eigenvalue weighted by molar-refractivity contribution is -0.136. The summed E-state index contributed by atoms with van der Waals surface area (Å²) in [5.41, 5.74) is 4.73. The van der Waals surface area contributed by atoms with Gasteiger partial charge in [0.1, 0.15) is 0 Å². The van der Waals surface area contributed by atoms with Crippen molar-refractivity contribution in [1.82, 2.24) is 0 Å². The van der Waals surface area contributed by atoms with E-state index in [1.807, 2.05) is 0 Å². The fraction of sp³-hybridized carbons (Fsp3) is 0.500. The van der Waals surface area contributed by atoms with Crippen molar-refractivity contribution in [3.8, 4) is 0 Å². The third-order valence-electron chi connectivity index (χ3n) is 3.26. The predicted octanol–water partition coefficient (Wildman–Crippen LogP) is 2.25. The van der Waals surface area contributed by atoms with Gasteiger partial charge < -0.3 is 15.7 Å². The van der Waals surface area contributed by atoms with Crippen LogP contribution in [0.5, 0.6) is 0 Å². The molecule has 1 fully saturated rings. The molecule has 0 spiro atoms. The lowest BCUT2D eigenvalue weighted by Crippen LogP contribution is -2.32. The molecule has 1 aromatic rings. The van der Waals surface area contributed by atoms with Gasteiger partial charge in [0.05, 0.1) is 18.2 Å². The summed E-state index contributed by atoms with van der Waals surface area (Å²) in [6, 6.07) is 3.79. The third kappa shape index (κ3) is 2.38. The van der Waals surface area contributed by atoms with Crippen molar-refractivity contribution in [1.29, 1.82) is 0 Å². The first-order valence-corrected chi connectivity index (χ1v) is 5.77. The number of aliphatic hydroxyl groups is 1. The predicted molar refractivity (Wildman–Crippen MR) is 63.3 cm³/mol. The number of nitrogens with two attached hydrogens (primary N) is 1. The Hall–Kier alpha value is -1.43. The highest BCUT2D eigenvalue weighted by Gasteiger charge is 2.34. The van der Waals surface area contributed by atoms with Crippen molar-refractivity contribution in [3.05, 3.63) is 23.8 Å². The molecule has 0 amide bonds. The summed E-state index contributed by atoms with van der Waals surface area (Å²) in [5.74, 6) is 0. The summed E-state index contributed by atoms with van der Waals surface area (Å²) in [6.07, 6.45) is -2.78. The van der Waals surface area contributed by atoms with Gasteiger partial charge in [0.2, 0.25) is 0 Å². The highest BCUT2D eigenvalue weighted by atomic mass is 19.4. The maximum atomic E-state index is 12.7. The van der Waals surface area contributed by atoms with Crippen LogP contribution in [-0.4, -0.2) is 24.3 Å². The van der Waals surface area contributed by atoms with Crippen molar-refractivity contribution in [2.75, 3.05) is 23.8 Å². The number of benzene rings is 1. The summed E-state index contributed by atoms with van der Waals surface area (Å²) in [6.45, 7) is 0.609. The molecule has 1 atom stereocenters. The first-order chi connectivity index (χ1) is 8.43. The average Bonchev–Trinajstić information content (AvgIpc) is 2.76. The van der Waals surface area contributed by atoms with Crippen LogP contribution in [0, 0.1) is 0 Å². The molecular weight excluding hydrogens is 245 g/mol. The van der Waals surface area contributed by atoms with Crippen molar-refractivity contribution >= 4 is 11.4 Å². The van der Waals surface area contributed by atoms with Crippen LogP contribution in [0.1, 0.15) is 18.4 Å². The number of alkyl halides is 3. The molecule has 0 aromatic heterocycles. The van der Waals surface area contributed by atoms with E-state index in [0.29, 0.717) is 12.2 Å². The van der Waals surface area contributed by atoms with Gasteiger partial charge in [-0.1, -0.05) is 0 Å². The maximum Gasteiger partial charge on any atom is 0.418 e. The normalized spacial score (nSPS) is 20.4. The Balaban J connectivity index is 2.35. The smallest absolute Gasteiger partial charge is 0.398 e. The largest absolute Gasteiger partial charge is 0.418 e. The molecule has 1 aromatic carbocycles. The van der Waals surface area contributed by atoms with E-state index >= 15 is 0 Å². The zero-order valence-electron chi connectivity index (χ0n) is 9.74. The Morgan fingerprint density at radius 1 is 1.39 bits per heavy atom. The van der Waals surface area contributed by atoms with Gasteiger partial charge in [0.15, 0.2) is 0 Å². The Morgan fingerprint density at radius 3 is 2.72 bits per heavy atom. The highest BCUT2D eigenvalue weighted by Crippen LogP contribution is 2.37. The molecule has 1 saturated heterocycles.